The Hall–Kier alpha value is -3.84. The first-order chi connectivity index (χ1) is 17.1. The van der Waals surface area contributed by atoms with Gasteiger partial charge in [0, 0.05) is 30.7 Å². The third kappa shape index (κ3) is 4.93. The van der Waals surface area contributed by atoms with Crippen molar-refractivity contribution < 1.29 is 53.7 Å². The fourth-order valence-corrected chi connectivity index (χ4v) is 3.85. The van der Waals surface area contributed by atoms with Crippen LogP contribution in [0.3, 0.4) is 0 Å². The van der Waals surface area contributed by atoms with Crippen molar-refractivity contribution in [3.63, 3.8) is 0 Å². The van der Waals surface area contributed by atoms with Crippen LogP contribution in [0.4, 0.5) is 0 Å². The Bertz CT molecular complexity index is 1330. The Morgan fingerprint density at radius 3 is 2.42 bits per heavy atom. The number of esters is 1. The van der Waals surface area contributed by atoms with Gasteiger partial charge in [0.25, 0.3) is 0 Å². The lowest BCUT2D eigenvalue weighted by molar-refractivity contribution is -0.278. The van der Waals surface area contributed by atoms with Crippen molar-refractivity contribution in [3.8, 4) is 34.1 Å². The average Bonchev–Trinajstić information content (AvgIpc) is 2.84. The van der Waals surface area contributed by atoms with E-state index in [9.17, 15) is 35.1 Å². The number of fused-ring (bicyclic) bond motifs is 1. The summed E-state index contributed by atoms with van der Waals surface area (Å²) in [6, 6.07) is 7.92. The minimum atomic E-state index is -1.72. The molecule has 0 saturated carbocycles. The van der Waals surface area contributed by atoms with E-state index in [1.54, 1.807) is 0 Å². The van der Waals surface area contributed by atoms with Crippen LogP contribution in [0.15, 0.2) is 45.6 Å². The van der Waals surface area contributed by atoms with Gasteiger partial charge in [0.15, 0.2) is 11.5 Å². The lowest BCUT2D eigenvalue weighted by Crippen LogP contribution is -2.60. The van der Waals surface area contributed by atoms with Gasteiger partial charge in [-0.15, -0.1) is 0 Å². The maximum atomic E-state index is 12.3. The molecule has 0 amide bonds. The van der Waals surface area contributed by atoms with Crippen molar-refractivity contribution in [2.75, 3.05) is 13.7 Å². The molecular formula is C24H24O12. The van der Waals surface area contributed by atoms with E-state index >= 15 is 0 Å². The predicted octanol–water partition coefficient (Wildman–Crippen LogP) is 0.629. The molecule has 2 unspecified atom stereocenters. The van der Waals surface area contributed by atoms with Crippen LogP contribution in [0.5, 0.6) is 23.0 Å². The maximum Gasteiger partial charge on any atom is 0.336 e. The van der Waals surface area contributed by atoms with Crippen molar-refractivity contribution in [2.45, 2.75) is 37.6 Å². The van der Waals surface area contributed by atoms with Crippen LogP contribution in [0.25, 0.3) is 22.1 Å². The van der Waals surface area contributed by atoms with Crippen molar-refractivity contribution in [1.82, 2.24) is 0 Å². The van der Waals surface area contributed by atoms with Crippen molar-refractivity contribution >= 4 is 16.9 Å². The fraction of sp³-hybridized carbons (Fsp3) is 0.333. The number of phenols is 2. The fourth-order valence-electron chi connectivity index (χ4n) is 3.85. The molecule has 3 aromatic rings. The SMILES string of the molecule is COc1cc(O[C@@H]2OC(COC(C)=O)[C@H](O)[C@H](O)C2O)c2c(-c3ccc(O)c(O)c3)cc(=O)oc2c1. The molecule has 2 heterocycles. The summed E-state index contributed by atoms with van der Waals surface area (Å²) >= 11 is 0. The minimum absolute atomic E-state index is 0.00505. The number of aliphatic hydroxyl groups excluding tert-OH is 3. The topological polar surface area (TPSA) is 185 Å². The molecule has 0 aliphatic carbocycles. The Kier molecular flexibility index (Phi) is 7.04. The van der Waals surface area contributed by atoms with Gasteiger partial charge in [-0.25, -0.2) is 4.79 Å². The van der Waals surface area contributed by atoms with Crippen LogP contribution in [0.2, 0.25) is 0 Å². The second kappa shape index (κ2) is 10.0. The molecule has 1 aromatic heterocycles. The van der Waals surface area contributed by atoms with E-state index in [4.69, 9.17) is 23.4 Å². The Morgan fingerprint density at radius 1 is 1.00 bits per heavy atom. The summed E-state index contributed by atoms with van der Waals surface area (Å²) in [6.07, 6.45) is -7.76. The van der Waals surface area contributed by atoms with Crippen LogP contribution in [0, 0.1) is 0 Å². The zero-order valence-electron chi connectivity index (χ0n) is 19.2. The van der Waals surface area contributed by atoms with Gasteiger partial charge in [-0.3, -0.25) is 4.79 Å². The second-order valence-corrected chi connectivity index (χ2v) is 8.12. The molecule has 1 aliphatic heterocycles. The van der Waals surface area contributed by atoms with E-state index in [1.807, 2.05) is 0 Å². The molecule has 5 atom stereocenters. The second-order valence-electron chi connectivity index (χ2n) is 8.12. The smallest absolute Gasteiger partial charge is 0.336 e. The number of benzene rings is 2. The molecule has 0 radical (unpaired) electrons. The van der Waals surface area contributed by atoms with Crippen molar-refractivity contribution in [1.29, 1.82) is 0 Å². The summed E-state index contributed by atoms with van der Waals surface area (Å²) in [7, 11) is 1.37. The van der Waals surface area contributed by atoms with Crippen LogP contribution >= 0.6 is 0 Å². The predicted molar refractivity (Wildman–Crippen MR) is 122 cm³/mol. The Balaban J connectivity index is 1.81. The number of aliphatic hydroxyl groups is 3. The largest absolute Gasteiger partial charge is 0.504 e. The van der Waals surface area contributed by atoms with Crippen LogP contribution in [-0.2, 0) is 14.3 Å². The van der Waals surface area contributed by atoms with E-state index in [0.717, 1.165) is 13.0 Å². The highest BCUT2D eigenvalue weighted by molar-refractivity contribution is 5.98. The number of hydrogen-bond acceptors (Lipinski definition) is 12. The first kappa shape index (κ1) is 25.3. The Labute approximate surface area is 203 Å². The standard InChI is InChI=1S/C24H24O12/c1-10(25)33-9-18-21(29)22(30)23(31)24(36-18)35-17-7-12(32-2)6-16-20(17)13(8-19(28)34-16)11-3-4-14(26)15(27)5-11/h3-8,18,21-24,26-27,29-31H,9H2,1-2H3/t18?,21-,22-,23?,24+/m0/s1. The number of carbonyl (C=O) groups excluding carboxylic acids is 1. The maximum absolute atomic E-state index is 12.3. The molecule has 5 N–H and O–H groups in total. The molecule has 192 valence electrons. The molecule has 4 rings (SSSR count). The number of aromatic hydroxyl groups is 2. The lowest BCUT2D eigenvalue weighted by Gasteiger charge is -2.40. The normalized spacial score (nSPS) is 23.9. The number of hydrogen-bond donors (Lipinski definition) is 5. The van der Waals surface area contributed by atoms with Gasteiger partial charge in [-0.05, 0) is 17.7 Å². The summed E-state index contributed by atoms with van der Waals surface area (Å²) in [5.74, 6) is -1.22. The summed E-state index contributed by atoms with van der Waals surface area (Å²) in [6.45, 7) is 0.749. The molecular weight excluding hydrogens is 480 g/mol. The van der Waals surface area contributed by atoms with E-state index in [-0.39, 0.29) is 33.8 Å². The van der Waals surface area contributed by atoms with E-state index in [1.165, 1.54) is 37.4 Å². The van der Waals surface area contributed by atoms with Gasteiger partial charge in [-0.2, -0.15) is 0 Å². The molecule has 12 nitrogen and oxygen atoms in total. The van der Waals surface area contributed by atoms with E-state index in [0.29, 0.717) is 5.56 Å². The lowest BCUT2D eigenvalue weighted by atomic mass is 9.98. The summed E-state index contributed by atoms with van der Waals surface area (Å²) in [5, 5.41) is 51.0. The van der Waals surface area contributed by atoms with Gasteiger partial charge < -0.3 is 48.9 Å². The van der Waals surface area contributed by atoms with Gasteiger partial charge in [-0.1, -0.05) is 6.07 Å². The number of carbonyl (C=O) groups is 1. The highest BCUT2D eigenvalue weighted by Gasteiger charge is 2.45. The van der Waals surface area contributed by atoms with Crippen molar-refractivity contribution in [3.05, 3.63) is 46.8 Å². The highest BCUT2D eigenvalue weighted by atomic mass is 16.7. The highest BCUT2D eigenvalue weighted by Crippen LogP contribution is 2.40. The van der Waals surface area contributed by atoms with E-state index < -0.39 is 54.7 Å². The number of phenolic OH excluding ortho intramolecular Hbond substituents is 2. The first-order valence-electron chi connectivity index (χ1n) is 10.8. The number of methoxy groups -OCH3 is 1. The molecule has 1 fully saturated rings. The van der Waals surface area contributed by atoms with Gasteiger partial charge >= 0.3 is 11.6 Å². The van der Waals surface area contributed by atoms with Gasteiger partial charge in [0.05, 0.1) is 12.5 Å². The van der Waals surface area contributed by atoms with Crippen LogP contribution in [-0.4, -0.2) is 75.9 Å². The molecule has 36 heavy (non-hydrogen) atoms. The summed E-state index contributed by atoms with van der Waals surface area (Å²) < 4.78 is 26.9. The zero-order chi connectivity index (χ0) is 26.1. The van der Waals surface area contributed by atoms with Crippen LogP contribution in [0.1, 0.15) is 6.92 Å². The van der Waals surface area contributed by atoms with Gasteiger partial charge in [0.2, 0.25) is 6.29 Å². The zero-order valence-corrected chi connectivity index (χ0v) is 19.2. The molecule has 1 saturated heterocycles. The monoisotopic (exact) mass is 504 g/mol. The molecule has 0 bridgehead atoms. The molecule has 1 aliphatic rings. The first-order valence-corrected chi connectivity index (χ1v) is 10.8. The number of rotatable bonds is 6. The van der Waals surface area contributed by atoms with E-state index in [2.05, 4.69) is 0 Å². The quantitative estimate of drug-likeness (QED) is 0.179. The average molecular weight is 504 g/mol. The van der Waals surface area contributed by atoms with Crippen LogP contribution < -0.4 is 15.1 Å². The summed E-state index contributed by atoms with van der Waals surface area (Å²) in [5.41, 5.74) is -0.122. The van der Waals surface area contributed by atoms with Gasteiger partial charge in [0.1, 0.15) is 48.1 Å². The minimum Gasteiger partial charge on any atom is -0.504 e. The molecule has 0 spiro atoms. The third-order valence-corrected chi connectivity index (χ3v) is 5.67. The van der Waals surface area contributed by atoms with Crippen molar-refractivity contribution in [2.24, 2.45) is 0 Å². The molecule has 12 heteroatoms. The number of ether oxygens (including phenoxy) is 4. The Morgan fingerprint density at radius 2 is 1.75 bits per heavy atom. The molecule has 2 aromatic carbocycles. The third-order valence-electron chi connectivity index (χ3n) is 5.67. The summed E-state index contributed by atoms with van der Waals surface area (Å²) in [4.78, 5) is 23.5.